The molecule has 6 aromatic rings. The summed E-state index contributed by atoms with van der Waals surface area (Å²) >= 11 is 0. The fourth-order valence-corrected chi connectivity index (χ4v) is 9.99. The number of nitrogens with one attached hydrogen (secondary N) is 3. The van der Waals surface area contributed by atoms with E-state index in [1.54, 1.807) is 0 Å². The molecule has 0 radical (unpaired) electrons. The Kier molecular flexibility index (Phi) is 14.6. The lowest BCUT2D eigenvalue weighted by Crippen LogP contribution is -2.30. The Labute approximate surface area is 377 Å². The molecule has 0 heterocycles. The van der Waals surface area contributed by atoms with Gasteiger partial charge in [0.05, 0.1) is 28.3 Å². The van der Waals surface area contributed by atoms with Gasteiger partial charge in [-0.2, -0.15) is 26.3 Å². The van der Waals surface area contributed by atoms with Gasteiger partial charge in [-0.15, -0.1) is 0 Å². The monoisotopic (exact) mass is 936 g/mol. The standard InChI is InChI=1S/C47H50N3.C2F6NO4S2/c1-30-26-32(3)46(33(4)27-30)49-39-20-16-36(17-21-39)45(37-18-22-40(23-19-37)50-47-34(5)28-31(2)29-35(47)6)43-24-25-44(42-15-11-10-14-41(42)43)48-38-12-8-7-9-13-38;3-1(4,5)14(10,11)9-15(12,13)2(6,7)8/h10-11,14-29,38,48-50H,7-9,12-13H2,1-6H3;/q+1;-1. The number of hydrogen-bond acceptors (Lipinski definition) is 7. The molecule has 0 atom stereocenters. The lowest BCUT2D eigenvalue weighted by atomic mass is 9.82. The number of anilines is 5. The van der Waals surface area contributed by atoms with Crippen molar-refractivity contribution in [2.45, 2.75) is 90.7 Å². The summed E-state index contributed by atoms with van der Waals surface area (Å²) in [6.45, 7) is 13.0. The van der Waals surface area contributed by atoms with Crippen molar-refractivity contribution in [1.82, 2.24) is 0 Å². The molecule has 1 aliphatic carbocycles. The van der Waals surface area contributed by atoms with E-state index in [4.69, 9.17) is 0 Å². The van der Waals surface area contributed by atoms with Crippen LogP contribution in [0.5, 0.6) is 0 Å². The molecule has 1 aliphatic rings. The van der Waals surface area contributed by atoms with Crippen molar-refractivity contribution < 1.29 is 43.2 Å². The average molecular weight is 937 g/mol. The third-order valence-electron chi connectivity index (χ3n) is 11.2. The number of sulfonamides is 2. The van der Waals surface area contributed by atoms with Gasteiger partial charge in [0.25, 0.3) is 0 Å². The molecule has 1 saturated carbocycles. The van der Waals surface area contributed by atoms with Crippen LogP contribution in [0.3, 0.4) is 0 Å². The second kappa shape index (κ2) is 19.4. The zero-order valence-corrected chi connectivity index (χ0v) is 38.3. The number of halogens is 6. The maximum absolute atomic E-state index is 11.4. The van der Waals surface area contributed by atoms with E-state index in [0.29, 0.717) is 6.04 Å². The number of alkyl halides is 6. The highest BCUT2D eigenvalue weighted by Gasteiger charge is 2.47. The molecule has 0 unspecified atom stereocenters. The second-order valence-electron chi connectivity index (χ2n) is 16.4. The van der Waals surface area contributed by atoms with Crippen LogP contribution >= 0.6 is 0 Å². The molecule has 0 bridgehead atoms. The molecule has 0 aromatic heterocycles. The molecule has 7 rings (SSSR count). The van der Waals surface area contributed by atoms with Crippen molar-refractivity contribution in [2.75, 3.05) is 16.0 Å². The second-order valence-corrected chi connectivity index (χ2v) is 19.9. The molecule has 8 nitrogen and oxygen atoms in total. The predicted molar refractivity (Wildman–Crippen MR) is 249 cm³/mol. The van der Waals surface area contributed by atoms with Gasteiger partial charge in [-0.1, -0.05) is 66.8 Å². The van der Waals surface area contributed by atoms with Gasteiger partial charge in [-0.25, -0.2) is 16.8 Å². The minimum absolute atomic E-state index is 0.545. The fourth-order valence-electron chi connectivity index (χ4n) is 8.28. The third kappa shape index (κ3) is 11.6. The maximum Gasteiger partial charge on any atom is 0.480 e. The summed E-state index contributed by atoms with van der Waals surface area (Å²) in [5, 5.41) is 13.9. The molecule has 0 amide bonds. The van der Waals surface area contributed by atoms with Gasteiger partial charge >= 0.3 is 11.0 Å². The number of benzene rings is 6. The molecule has 0 aliphatic heterocycles. The van der Waals surface area contributed by atoms with Crippen molar-refractivity contribution in [3.63, 3.8) is 0 Å². The van der Waals surface area contributed by atoms with Crippen molar-refractivity contribution in [1.29, 1.82) is 0 Å². The predicted octanol–water partition coefficient (Wildman–Crippen LogP) is 14.0. The fraction of sp³-hybridized carbons (Fsp3) is 0.286. The highest BCUT2D eigenvalue weighted by atomic mass is 32.3. The topological polar surface area (TPSA) is 118 Å². The Balaban J connectivity index is 0.000000401. The highest BCUT2D eigenvalue weighted by Crippen LogP contribution is 2.41. The van der Waals surface area contributed by atoms with Crippen LogP contribution in [0.15, 0.2) is 109 Å². The minimum atomic E-state index is -6.72. The summed E-state index contributed by atoms with van der Waals surface area (Å²) in [5.74, 6) is 1.23. The van der Waals surface area contributed by atoms with Gasteiger partial charge in [0.2, 0.25) is 0 Å². The van der Waals surface area contributed by atoms with Crippen LogP contribution in [-0.4, -0.2) is 33.9 Å². The van der Waals surface area contributed by atoms with E-state index < -0.39 is 31.1 Å². The summed E-state index contributed by atoms with van der Waals surface area (Å²) in [6.07, 6.45) is 6.48. The maximum atomic E-state index is 11.4. The number of aryl methyl sites for hydroxylation is 6. The zero-order valence-electron chi connectivity index (χ0n) is 36.7. The number of rotatable bonds is 11. The molecule has 6 aromatic carbocycles. The first-order chi connectivity index (χ1) is 30.4. The Morgan fingerprint density at radius 1 is 0.538 bits per heavy atom. The van der Waals surface area contributed by atoms with Crippen molar-refractivity contribution in [2.24, 2.45) is 0 Å². The Morgan fingerprint density at radius 2 is 0.938 bits per heavy atom. The molecule has 65 heavy (non-hydrogen) atoms. The van der Waals surface area contributed by atoms with Crippen molar-refractivity contribution in [3.8, 4) is 0 Å². The average Bonchev–Trinajstić information content (AvgIpc) is 3.22. The summed E-state index contributed by atoms with van der Waals surface area (Å²) in [4.78, 5) is 0. The van der Waals surface area contributed by atoms with Gasteiger partial charge in [0.1, 0.15) is 0 Å². The molecule has 0 saturated heterocycles. The van der Waals surface area contributed by atoms with Gasteiger partial charge in [-0.3, -0.25) is 0 Å². The van der Waals surface area contributed by atoms with Crippen LogP contribution in [-0.2, 0) is 20.0 Å². The van der Waals surface area contributed by atoms with E-state index in [1.165, 1.54) is 116 Å². The molecule has 3 N–H and O–H groups in total. The molecular weight excluding hydrogens is 887 g/mol. The van der Waals surface area contributed by atoms with E-state index in [0.717, 1.165) is 15.5 Å². The van der Waals surface area contributed by atoms with Crippen LogP contribution in [0.2, 0.25) is 0 Å². The number of fused-ring (bicyclic) bond motifs is 1. The summed E-state index contributed by atoms with van der Waals surface area (Å²) in [7, 11) is -13.4. The van der Waals surface area contributed by atoms with Crippen LogP contribution in [0.1, 0.15) is 82.2 Å². The molecule has 1 fully saturated rings. The van der Waals surface area contributed by atoms with Crippen molar-refractivity contribution >= 4 is 59.3 Å². The van der Waals surface area contributed by atoms with Crippen LogP contribution < -0.4 is 16.0 Å². The van der Waals surface area contributed by atoms with Crippen LogP contribution in [0.25, 0.3) is 14.9 Å². The smallest absolute Gasteiger partial charge is 0.421 e. The van der Waals surface area contributed by atoms with E-state index in [9.17, 15) is 43.2 Å². The lowest BCUT2D eigenvalue weighted by molar-refractivity contribution is -0.0444. The van der Waals surface area contributed by atoms with Gasteiger partial charge in [0, 0.05) is 39.6 Å². The summed E-state index contributed by atoms with van der Waals surface area (Å²) in [6, 6.07) is 41.0. The summed E-state index contributed by atoms with van der Waals surface area (Å²) in [5.41, 5.74) is 4.62. The van der Waals surface area contributed by atoms with Crippen LogP contribution in [0, 0.1) is 47.5 Å². The van der Waals surface area contributed by atoms with Crippen LogP contribution in [0.4, 0.5) is 54.8 Å². The van der Waals surface area contributed by atoms with E-state index in [-0.39, 0.29) is 0 Å². The number of nitrogens with zero attached hydrogens (tertiary/aromatic N) is 1. The largest absolute Gasteiger partial charge is 0.480 e. The number of hydrogen-bond donors (Lipinski definition) is 3. The molecular formula is C49H50F6N4O4S2. The normalized spacial score (nSPS) is 13.8. The SMILES string of the molecule is Cc1cc(C)c(Nc2ccc([C+](c3ccc(Nc4c(C)cc(C)cc4C)cc3)c3ccc(NC4CCCCC4)c4ccccc34)cc2)c(C)c1.O=S(=O)([N-]S(=O)(=O)C(F)(F)F)C(F)(F)F. The Hall–Kier alpha value is -5.71. The Morgan fingerprint density at radius 3 is 1.34 bits per heavy atom. The molecule has 344 valence electrons. The first kappa shape index (κ1) is 48.7. The van der Waals surface area contributed by atoms with E-state index in [1.807, 2.05) is 0 Å². The highest BCUT2D eigenvalue weighted by molar-refractivity contribution is 8.13. The Bertz CT molecular complexity index is 2690. The minimum Gasteiger partial charge on any atom is -0.421 e. The first-order valence-corrected chi connectivity index (χ1v) is 23.7. The van der Waals surface area contributed by atoms with E-state index >= 15 is 0 Å². The zero-order chi connectivity index (χ0) is 47.5. The van der Waals surface area contributed by atoms with E-state index in [2.05, 4.69) is 167 Å². The van der Waals surface area contributed by atoms with Gasteiger partial charge in [-0.05, 0) is 149 Å². The first-order valence-electron chi connectivity index (χ1n) is 20.9. The third-order valence-corrected chi connectivity index (χ3v) is 13.9. The van der Waals surface area contributed by atoms with Gasteiger partial charge in [0.15, 0.2) is 20.0 Å². The van der Waals surface area contributed by atoms with Gasteiger partial charge < -0.3 is 20.1 Å². The lowest BCUT2D eigenvalue weighted by Gasteiger charge is -2.25. The van der Waals surface area contributed by atoms with Crippen molar-refractivity contribution in [3.05, 3.63) is 169 Å². The molecule has 0 spiro atoms. The summed E-state index contributed by atoms with van der Waals surface area (Å²) < 4.78 is 109. The molecule has 16 heteroatoms. The quantitative estimate of drug-likeness (QED) is 0.0672.